The number of fused-ring (bicyclic) bond motifs is 1. The van der Waals surface area contributed by atoms with Crippen LogP contribution in [0.25, 0.3) is 0 Å². The number of nitrogens with one attached hydrogen (secondary N) is 1. The monoisotopic (exact) mass is 305 g/mol. The van der Waals surface area contributed by atoms with Crippen molar-refractivity contribution in [2.24, 2.45) is 0 Å². The number of hydrogen-bond donors (Lipinski definition) is 1. The zero-order chi connectivity index (χ0) is 14.7. The topological polar surface area (TPSA) is 43.6 Å². The molecule has 1 aliphatic heterocycles. The van der Waals surface area contributed by atoms with E-state index in [9.17, 15) is 0 Å². The summed E-state index contributed by atoms with van der Waals surface area (Å²) in [6, 6.07) is 10.3. The highest BCUT2D eigenvalue weighted by atomic mass is 32.2. The molecule has 0 saturated carbocycles. The Kier molecular flexibility index (Phi) is 4.41. The summed E-state index contributed by atoms with van der Waals surface area (Å²) in [4.78, 5) is 0. The average molecular weight is 305 g/mol. The first-order valence-corrected chi connectivity index (χ1v) is 8.35. The first-order valence-electron chi connectivity index (χ1n) is 6.95. The van der Waals surface area contributed by atoms with E-state index < -0.39 is 0 Å². The van der Waals surface area contributed by atoms with Gasteiger partial charge in [-0.15, -0.1) is 0 Å². The molecule has 0 bridgehead atoms. The Hall–Kier alpha value is -1.59. The van der Waals surface area contributed by atoms with Crippen LogP contribution in [0.4, 0.5) is 0 Å². The van der Waals surface area contributed by atoms with Crippen LogP contribution in [0.1, 0.15) is 30.0 Å². The maximum absolute atomic E-state index is 5.76. The van der Waals surface area contributed by atoms with Crippen LogP contribution in [-0.2, 0) is 12.3 Å². The van der Waals surface area contributed by atoms with Crippen molar-refractivity contribution in [3.8, 4) is 11.5 Å². The van der Waals surface area contributed by atoms with Gasteiger partial charge >= 0.3 is 0 Å². The van der Waals surface area contributed by atoms with E-state index in [-0.39, 0.29) is 6.04 Å². The van der Waals surface area contributed by atoms with Gasteiger partial charge in [0.25, 0.3) is 0 Å². The minimum atomic E-state index is 0.216. The predicted molar refractivity (Wildman–Crippen MR) is 83.7 cm³/mol. The van der Waals surface area contributed by atoms with Gasteiger partial charge < -0.3 is 19.2 Å². The first-order chi connectivity index (χ1) is 10.3. The zero-order valence-corrected chi connectivity index (χ0v) is 13.0. The quantitative estimate of drug-likeness (QED) is 0.881. The lowest BCUT2D eigenvalue weighted by Crippen LogP contribution is -2.17. The number of furan rings is 1. The molecular formula is C16H19NO3S. The van der Waals surface area contributed by atoms with Crippen molar-refractivity contribution in [3.63, 3.8) is 0 Å². The second kappa shape index (κ2) is 6.45. The lowest BCUT2D eigenvalue weighted by atomic mass is 10.1. The van der Waals surface area contributed by atoms with E-state index in [4.69, 9.17) is 13.9 Å². The maximum Gasteiger partial charge on any atom is 0.231 e. The molecule has 2 aromatic rings. The number of benzene rings is 1. The van der Waals surface area contributed by atoms with Gasteiger partial charge in [0, 0.05) is 6.04 Å². The molecule has 1 unspecified atom stereocenters. The van der Waals surface area contributed by atoms with Crippen LogP contribution in [0.5, 0.6) is 11.5 Å². The Bertz CT molecular complexity index is 611. The standard InChI is InChI=1S/C16H19NO3S/c1-11(12-3-6-15-16(7-12)19-10-18-15)17-8-13-4-5-14(20-13)9-21-2/h3-7,11,17H,8-10H2,1-2H3. The highest BCUT2D eigenvalue weighted by Gasteiger charge is 2.15. The van der Waals surface area contributed by atoms with Crippen molar-refractivity contribution in [2.75, 3.05) is 13.0 Å². The molecule has 3 rings (SSSR count). The maximum atomic E-state index is 5.76. The Morgan fingerprint density at radius 3 is 2.81 bits per heavy atom. The van der Waals surface area contributed by atoms with E-state index in [0.29, 0.717) is 13.3 Å². The highest BCUT2D eigenvalue weighted by Crippen LogP contribution is 2.34. The van der Waals surface area contributed by atoms with E-state index in [1.165, 1.54) is 5.56 Å². The second-order valence-corrected chi connectivity index (χ2v) is 5.88. The predicted octanol–water partition coefficient (Wildman–Crippen LogP) is 3.72. The highest BCUT2D eigenvalue weighted by molar-refractivity contribution is 7.97. The number of thioether (sulfide) groups is 1. The third-order valence-corrected chi connectivity index (χ3v) is 4.06. The fourth-order valence-electron chi connectivity index (χ4n) is 2.29. The number of rotatable bonds is 6. The van der Waals surface area contributed by atoms with Gasteiger partial charge in [-0.1, -0.05) is 6.07 Å². The third kappa shape index (κ3) is 3.36. The van der Waals surface area contributed by atoms with Gasteiger partial charge in [0.1, 0.15) is 11.5 Å². The Balaban J connectivity index is 1.59. The molecule has 2 heterocycles. The summed E-state index contributed by atoms with van der Waals surface area (Å²) in [5.74, 6) is 4.54. The van der Waals surface area contributed by atoms with E-state index in [0.717, 1.165) is 28.8 Å². The Morgan fingerprint density at radius 2 is 1.95 bits per heavy atom. The molecule has 1 N–H and O–H groups in total. The van der Waals surface area contributed by atoms with Crippen molar-refractivity contribution in [3.05, 3.63) is 47.4 Å². The lowest BCUT2D eigenvalue weighted by molar-refractivity contribution is 0.174. The average Bonchev–Trinajstić information content (AvgIpc) is 3.13. The molecule has 0 amide bonds. The van der Waals surface area contributed by atoms with Gasteiger partial charge in [0.15, 0.2) is 11.5 Å². The fourth-order valence-corrected chi connectivity index (χ4v) is 2.73. The third-order valence-electron chi connectivity index (χ3n) is 3.48. The first kappa shape index (κ1) is 14.4. The van der Waals surface area contributed by atoms with Crippen molar-refractivity contribution in [1.29, 1.82) is 0 Å². The molecule has 0 saturated heterocycles. The van der Waals surface area contributed by atoms with Crippen LogP contribution in [0.3, 0.4) is 0 Å². The van der Waals surface area contributed by atoms with Crippen LogP contribution in [0.2, 0.25) is 0 Å². The van der Waals surface area contributed by atoms with Gasteiger partial charge in [0.2, 0.25) is 6.79 Å². The van der Waals surface area contributed by atoms with Gasteiger partial charge in [-0.3, -0.25) is 0 Å². The summed E-state index contributed by atoms with van der Waals surface area (Å²) >= 11 is 1.76. The second-order valence-electron chi connectivity index (χ2n) is 5.02. The number of ether oxygens (including phenoxy) is 2. The summed E-state index contributed by atoms with van der Waals surface area (Å²) in [7, 11) is 0. The fraction of sp³-hybridized carbons (Fsp3) is 0.375. The molecule has 0 aliphatic carbocycles. The molecule has 5 heteroatoms. The van der Waals surface area contributed by atoms with Crippen LogP contribution >= 0.6 is 11.8 Å². The normalized spacial score (nSPS) is 14.4. The molecule has 1 atom stereocenters. The van der Waals surface area contributed by atoms with Crippen molar-refractivity contribution in [2.45, 2.75) is 25.3 Å². The van der Waals surface area contributed by atoms with Crippen molar-refractivity contribution >= 4 is 11.8 Å². The molecule has 4 nitrogen and oxygen atoms in total. The minimum absolute atomic E-state index is 0.216. The summed E-state index contributed by atoms with van der Waals surface area (Å²) in [5, 5.41) is 3.46. The van der Waals surface area contributed by atoms with E-state index >= 15 is 0 Å². The molecular weight excluding hydrogens is 286 g/mol. The lowest BCUT2D eigenvalue weighted by Gasteiger charge is -2.13. The molecule has 0 fully saturated rings. The Morgan fingerprint density at radius 1 is 1.14 bits per heavy atom. The molecule has 112 valence electrons. The van der Waals surface area contributed by atoms with Crippen LogP contribution in [0, 0.1) is 0 Å². The summed E-state index contributed by atoms with van der Waals surface area (Å²) in [6.07, 6.45) is 2.07. The minimum Gasteiger partial charge on any atom is -0.464 e. The molecule has 0 radical (unpaired) electrons. The summed E-state index contributed by atoms with van der Waals surface area (Å²) < 4.78 is 16.5. The van der Waals surface area contributed by atoms with Gasteiger partial charge in [0.05, 0.1) is 12.3 Å². The SMILES string of the molecule is CSCc1ccc(CNC(C)c2ccc3c(c2)OCO3)o1. The van der Waals surface area contributed by atoms with Crippen molar-refractivity contribution < 1.29 is 13.9 Å². The van der Waals surface area contributed by atoms with Crippen LogP contribution < -0.4 is 14.8 Å². The summed E-state index contributed by atoms with van der Waals surface area (Å²) in [5.41, 5.74) is 1.18. The van der Waals surface area contributed by atoms with E-state index in [1.54, 1.807) is 11.8 Å². The largest absolute Gasteiger partial charge is 0.464 e. The van der Waals surface area contributed by atoms with Crippen LogP contribution in [-0.4, -0.2) is 13.0 Å². The van der Waals surface area contributed by atoms with Gasteiger partial charge in [-0.05, 0) is 43.0 Å². The van der Waals surface area contributed by atoms with Crippen molar-refractivity contribution in [1.82, 2.24) is 5.32 Å². The van der Waals surface area contributed by atoms with E-state index in [1.807, 2.05) is 24.3 Å². The zero-order valence-electron chi connectivity index (χ0n) is 12.2. The molecule has 1 aliphatic rings. The number of hydrogen-bond acceptors (Lipinski definition) is 5. The van der Waals surface area contributed by atoms with Gasteiger partial charge in [-0.25, -0.2) is 0 Å². The summed E-state index contributed by atoms with van der Waals surface area (Å²) in [6.45, 7) is 3.15. The Labute approximate surface area is 128 Å². The molecule has 21 heavy (non-hydrogen) atoms. The van der Waals surface area contributed by atoms with E-state index in [2.05, 4.69) is 24.6 Å². The molecule has 1 aromatic heterocycles. The smallest absolute Gasteiger partial charge is 0.231 e. The molecule has 0 spiro atoms. The van der Waals surface area contributed by atoms with Crippen LogP contribution in [0.15, 0.2) is 34.7 Å². The molecule has 1 aromatic carbocycles. The van der Waals surface area contributed by atoms with Gasteiger partial charge in [-0.2, -0.15) is 11.8 Å².